The lowest BCUT2D eigenvalue weighted by Crippen LogP contribution is -2.36. The summed E-state index contributed by atoms with van der Waals surface area (Å²) >= 11 is 0. The van der Waals surface area contributed by atoms with E-state index < -0.39 is 12.0 Å². The van der Waals surface area contributed by atoms with E-state index in [0.717, 1.165) is 5.69 Å². The van der Waals surface area contributed by atoms with Crippen molar-refractivity contribution in [3.05, 3.63) is 18.1 Å². The zero-order valence-electron chi connectivity index (χ0n) is 11.4. The van der Waals surface area contributed by atoms with Crippen LogP contribution >= 0.6 is 0 Å². The maximum Gasteiger partial charge on any atom is 0.326 e. The van der Waals surface area contributed by atoms with Gasteiger partial charge in [-0.1, -0.05) is 13.8 Å². The Hall–Kier alpha value is -1.69. The molecule has 1 aromatic rings. The SMILES string of the molecule is COC1CC(C(=O)O)N(c2cc(C(C)C)ncn2)C1. The third-order valence-corrected chi connectivity index (χ3v) is 3.44. The van der Waals surface area contributed by atoms with E-state index in [0.29, 0.717) is 18.8 Å². The molecule has 0 amide bonds. The van der Waals surface area contributed by atoms with Gasteiger partial charge in [0.2, 0.25) is 0 Å². The first-order valence-electron chi connectivity index (χ1n) is 6.37. The van der Waals surface area contributed by atoms with Crippen LogP contribution in [0.1, 0.15) is 31.9 Å². The first kappa shape index (κ1) is 13.7. The number of hydrogen-bond donors (Lipinski definition) is 1. The number of carboxylic acids is 1. The molecule has 0 bridgehead atoms. The molecule has 6 heteroatoms. The summed E-state index contributed by atoms with van der Waals surface area (Å²) < 4.78 is 5.27. The molecular formula is C13H19N3O3. The first-order valence-corrected chi connectivity index (χ1v) is 6.37. The van der Waals surface area contributed by atoms with Crippen molar-refractivity contribution in [2.45, 2.75) is 38.3 Å². The lowest BCUT2D eigenvalue weighted by molar-refractivity contribution is -0.138. The van der Waals surface area contributed by atoms with Gasteiger partial charge in [-0.2, -0.15) is 0 Å². The van der Waals surface area contributed by atoms with Gasteiger partial charge >= 0.3 is 5.97 Å². The monoisotopic (exact) mass is 265 g/mol. The molecule has 1 aliphatic heterocycles. The Bertz CT molecular complexity index is 464. The molecule has 1 saturated heterocycles. The Morgan fingerprint density at radius 1 is 1.53 bits per heavy atom. The van der Waals surface area contributed by atoms with Gasteiger partial charge < -0.3 is 14.7 Å². The van der Waals surface area contributed by atoms with Crippen molar-refractivity contribution in [2.75, 3.05) is 18.6 Å². The summed E-state index contributed by atoms with van der Waals surface area (Å²) in [5, 5.41) is 9.30. The molecule has 1 N–H and O–H groups in total. The van der Waals surface area contributed by atoms with Gasteiger partial charge in [0.15, 0.2) is 0 Å². The zero-order valence-corrected chi connectivity index (χ0v) is 11.4. The summed E-state index contributed by atoms with van der Waals surface area (Å²) in [4.78, 5) is 21.5. The van der Waals surface area contributed by atoms with Gasteiger partial charge in [0.1, 0.15) is 18.2 Å². The quantitative estimate of drug-likeness (QED) is 0.883. The Morgan fingerprint density at radius 3 is 2.84 bits per heavy atom. The average Bonchev–Trinajstić information content (AvgIpc) is 2.83. The van der Waals surface area contributed by atoms with Crippen molar-refractivity contribution in [3.63, 3.8) is 0 Å². The van der Waals surface area contributed by atoms with Gasteiger partial charge in [0, 0.05) is 31.8 Å². The molecule has 0 radical (unpaired) electrons. The zero-order chi connectivity index (χ0) is 14.0. The van der Waals surface area contributed by atoms with Crippen LogP contribution in [0, 0.1) is 0 Å². The highest BCUT2D eigenvalue weighted by Crippen LogP contribution is 2.27. The van der Waals surface area contributed by atoms with E-state index in [2.05, 4.69) is 9.97 Å². The molecule has 2 rings (SSSR count). The van der Waals surface area contributed by atoms with Crippen molar-refractivity contribution in [1.82, 2.24) is 9.97 Å². The summed E-state index contributed by atoms with van der Waals surface area (Å²) in [6.45, 7) is 4.63. The summed E-state index contributed by atoms with van der Waals surface area (Å²) in [5.74, 6) is 0.0979. The third-order valence-electron chi connectivity index (χ3n) is 3.44. The van der Waals surface area contributed by atoms with Crippen molar-refractivity contribution in [1.29, 1.82) is 0 Å². The topological polar surface area (TPSA) is 75.6 Å². The average molecular weight is 265 g/mol. The standard InChI is InChI=1S/C13H19N3O3/c1-8(2)10-5-12(15-7-14-10)16-6-9(19-3)4-11(16)13(17)18/h5,7-9,11H,4,6H2,1-3H3,(H,17,18). The number of aliphatic carboxylic acids is 1. The van der Waals surface area contributed by atoms with Crippen molar-refractivity contribution >= 4 is 11.8 Å². The maximum absolute atomic E-state index is 11.3. The summed E-state index contributed by atoms with van der Waals surface area (Å²) in [6.07, 6.45) is 1.90. The van der Waals surface area contributed by atoms with E-state index in [4.69, 9.17) is 4.74 Å². The summed E-state index contributed by atoms with van der Waals surface area (Å²) in [5.41, 5.74) is 0.912. The van der Waals surface area contributed by atoms with Crippen LogP contribution in [-0.2, 0) is 9.53 Å². The Morgan fingerprint density at radius 2 is 2.26 bits per heavy atom. The molecule has 0 aliphatic carbocycles. The van der Waals surface area contributed by atoms with Gasteiger partial charge in [-0.15, -0.1) is 0 Å². The molecule has 0 spiro atoms. The Kier molecular flexibility index (Phi) is 3.99. The maximum atomic E-state index is 11.3. The normalized spacial score (nSPS) is 23.1. The second kappa shape index (κ2) is 5.52. The fourth-order valence-electron chi connectivity index (χ4n) is 2.29. The van der Waals surface area contributed by atoms with Crippen molar-refractivity contribution in [3.8, 4) is 0 Å². The highest BCUT2D eigenvalue weighted by Gasteiger charge is 2.37. The molecule has 1 fully saturated rings. The molecule has 0 saturated carbocycles. The second-order valence-electron chi connectivity index (χ2n) is 5.06. The summed E-state index contributed by atoms with van der Waals surface area (Å²) in [7, 11) is 1.60. The molecule has 104 valence electrons. The van der Waals surface area contributed by atoms with Gasteiger partial charge in [-0.3, -0.25) is 0 Å². The number of hydrogen-bond acceptors (Lipinski definition) is 5. The molecule has 2 atom stereocenters. The van der Waals surface area contributed by atoms with Gasteiger partial charge in [-0.25, -0.2) is 14.8 Å². The number of carboxylic acid groups (broad SMARTS) is 1. The Labute approximate surface area is 112 Å². The molecule has 2 heterocycles. The van der Waals surface area contributed by atoms with E-state index in [1.54, 1.807) is 12.0 Å². The van der Waals surface area contributed by atoms with Crippen LogP contribution in [0.4, 0.5) is 5.82 Å². The van der Waals surface area contributed by atoms with E-state index in [9.17, 15) is 9.90 Å². The smallest absolute Gasteiger partial charge is 0.326 e. The molecule has 1 aliphatic rings. The van der Waals surface area contributed by atoms with E-state index in [-0.39, 0.29) is 12.0 Å². The van der Waals surface area contributed by atoms with Crippen molar-refractivity contribution in [2.24, 2.45) is 0 Å². The number of aromatic nitrogens is 2. The van der Waals surface area contributed by atoms with Crippen LogP contribution in [0.3, 0.4) is 0 Å². The minimum absolute atomic E-state index is 0.0708. The fourth-order valence-corrected chi connectivity index (χ4v) is 2.29. The Balaban J connectivity index is 2.28. The van der Waals surface area contributed by atoms with E-state index in [1.165, 1.54) is 6.33 Å². The van der Waals surface area contributed by atoms with Crippen molar-refractivity contribution < 1.29 is 14.6 Å². The second-order valence-corrected chi connectivity index (χ2v) is 5.06. The largest absolute Gasteiger partial charge is 0.480 e. The lowest BCUT2D eigenvalue weighted by atomic mass is 10.1. The highest BCUT2D eigenvalue weighted by atomic mass is 16.5. The number of carbonyl (C=O) groups is 1. The van der Waals surface area contributed by atoms with Gasteiger partial charge in [-0.05, 0) is 5.92 Å². The number of rotatable bonds is 4. The van der Waals surface area contributed by atoms with E-state index >= 15 is 0 Å². The fraction of sp³-hybridized carbons (Fsp3) is 0.615. The van der Waals surface area contributed by atoms with Crippen LogP contribution in [0.15, 0.2) is 12.4 Å². The number of ether oxygens (including phenoxy) is 1. The first-order chi connectivity index (χ1) is 9.02. The highest BCUT2D eigenvalue weighted by molar-refractivity contribution is 5.78. The predicted molar refractivity (Wildman–Crippen MR) is 70.3 cm³/mol. The molecular weight excluding hydrogens is 246 g/mol. The molecule has 19 heavy (non-hydrogen) atoms. The van der Waals surface area contributed by atoms with Crippen LogP contribution in [0.25, 0.3) is 0 Å². The summed E-state index contributed by atoms with van der Waals surface area (Å²) in [6, 6.07) is 1.28. The number of nitrogens with zero attached hydrogens (tertiary/aromatic N) is 3. The van der Waals surface area contributed by atoms with Gasteiger partial charge in [0.05, 0.1) is 6.10 Å². The van der Waals surface area contributed by atoms with Crippen LogP contribution in [0.5, 0.6) is 0 Å². The van der Waals surface area contributed by atoms with Gasteiger partial charge in [0.25, 0.3) is 0 Å². The third kappa shape index (κ3) is 2.84. The minimum Gasteiger partial charge on any atom is -0.480 e. The molecule has 2 unspecified atom stereocenters. The number of anilines is 1. The predicted octanol–water partition coefficient (Wildman–Crippen LogP) is 1.28. The molecule has 0 aromatic carbocycles. The molecule has 6 nitrogen and oxygen atoms in total. The number of methoxy groups -OCH3 is 1. The van der Waals surface area contributed by atoms with E-state index in [1.807, 2.05) is 19.9 Å². The minimum atomic E-state index is -0.843. The molecule has 1 aromatic heterocycles. The van der Waals surface area contributed by atoms with Crippen LogP contribution in [-0.4, -0.2) is 46.8 Å². The van der Waals surface area contributed by atoms with Crippen LogP contribution in [0.2, 0.25) is 0 Å². The lowest BCUT2D eigenvalue weighted by Gasteiger charge is -2.22. The van der Waals surface area contributed by atoms with Crippen LogP contribution < -0.4 is 4.90 Å².